The van der Waals surface area contributed by atoms with Crippen LogP contribution in [0.3, 0.4) is 0 Å². The Morgan fingerprint density at radius 3 is 2.55 bits per heavy atom. The van der Waals surface area contributed by atoms with E-state index in [-0.39, 0.29) is 24.4 Å². The quantitative estimate of drug-likeness (QED) is 0.280. The zero-order valence-corrected chi connectivity index (χ0v) is 22.2. The van der Waals surface area contributed by atoms with Gasteiger partial charge >= 0.3 is 18.0 Å². The molecule has 1 aromatic heterocycles. The molecular formula is C25H26N6O8S. The molecule has 210 valence electrons. The van der Waals surface area contributed by atoms with Crippen LogP contribution in [0, 0.1) is 0 Å². The normalized spacial score (nSPS) is 24.1. The van der Waals surface area contributed by atoms with Gasteiger partial charge in [0, 0.05) is 4.75 Å². The first kappa shape index (κ1) is 27.1. The number of urea groups is 2. The number of phenols is 1. The van der Waals surface area contributed by atoms with Crippen LogP contribution in [0.4, 0.5) is 9.59 Å². The molecule has 5 rings (SSSR count). The van der Waals surface area contributed by atoms with Gasteiger partial charge in [-0.3, -0.25) is 9.59 Å². The third-order valence-electron chi connectivity index (χ3n) is 6.83. The monoisotopic (exact) mass is 570 g/mol. The molecule has 1 aromatic carbocycles. The Hall–Kier alpha value is -4.53. The number of β-lactam (4-membered cyclic amide) rings is 1. The zero-order chi connectivity index (χ0) is 28.8. The molecule has 6 amide bonds. The lowest BCUT2D eigenvalue weighted by Crippen LogP contribution is -2.71. The minimum Gasteiger partial charge on any atom is -0.508 e. The van der Waals surface area contributed by atoms with Crippen LogP contribution in [0.1, 0.15) is 31.2 Å². The summed E-state index contributed by atoms with van der Waals surface area (Å²) in [5, 5.41) is 29.0. The molecule has 0 spiro atoms. The third kappa shape index (κ3) is 4.83. The molecule has 40 heavy (non-hydrogen) atoms. The molecule has 14 nitrogen and oxygen atoms in total. The Morgan fingerprint density at radius 1 is 1.18 bits per heavy atom. The van der Waals surface area contributed by atoms with Crippen molar-refractivity contribution in [3.8, 4) is 5.75 Å². The van der Waals surface area contributed by atoms with E-state index in [4.69, 9.17) is 4.42 Å². The van der Waals surface area contributed by atoms with Gasteiger partial charge in [0.25, 0.3) is 0 Å². The fourth-order valence-electron chi connectivity index (χ4n) is 4.86. The van der Waals surface area contributed by atoms with Crippen LogP contribution in [-0.2, 0) is 14.4 Å². The summed E-state index contributed by atoms with van der Waals surface area (Å²) in [6.07, 6.45) is 2.79. The number of carboxylic acid groups (broad SMARTS) is 1. The molecule has 3 aliphatic rings. The van der Waals surface area contributed by atoms with Gasteiger partial charge in [0.2, 0.25) is 11.8 Å². The van der Waals surface area contributed by atoms with Crippen molar-refractivity contribution in [1.29, 1.82) is 0 Å². The highest BCUT2D eigenvalue weighted by atomic mass is 32.2. The van der Waals surface area contributed by atoms with Gasteiger partial charge < -0.3 is 30.2 Å². The first-order valence-electron chi connectivity index (χ1n) is 12.3. The SMILES string of the molecule is CC1(C)S[C@@H]2C(NC(=O)C(NC(=O)N3CCN(/N=C/c4ccco4)C3=O)c3ccc(O)cc3)C(=O)N2[C@H]1C(=O)O. The Labute approximate surface area is 232 Å². The standard InChI is InChI=1S/C25H26N6O8S/c1-25(2)18(22(35)36)31-20(34)17(21(31)40-25)27-19(33)16(13-5-7-14(32)8-6-13)28-23(37)29-9-10-30(24(29)38)26-12-15-4-3-11-39-15/h3-8,11-12,16-18,21,32H,9-10H2,1-2H3,(H,27,33)(H,28,37)(H,35,36)/b26-12+/t16?,17?,18-,21+/m0/s1. The van der Waals surface area contributed by atoms with Crippen molar-refractivity contribution in [1.82, 2.24) is 25.4 Å². The number of hydrogen-bond donors (Lipinski definition) is 4. The first-order chi connectivity index (χ1) is 19.0. The third-order valence-corrected chi connectivity index (χ3v) is 8.40. The van der Waals surface area contributed by atoms with Crippen LogP contribution < -0.4 is 10.6 Å². The number of hydrogen-bond acceptors (Lipinski definition) is 9. The fraction of sp³-hybridized carbons (Fsp3) is 0.360. The first-order valence-corrected chi connectivity index (χ1v) is 13.1. The Kier molecular flexibility index (Phi) is 6.91. The molecule has 4 heterocycles. The summed E-state index contributed by atoms with van der Waals surface area (Å²) in [7, 11) is 0. The van der Waals surface area contributed by atoms with Gasteiger partial charge in [0.05, 0.1) is 25.6 Å². The number of phenolic OH excluding ortho intramolecular Hbond substituents is 1. The second kappa shape index (κ2) is 10.2. The van der Waals surface area contributed by atoms with Gasteiger partial charge in [0.15, 0.2) is 0 Å². The second-order valence-corrected chi connectivity index (χ2v) is 11.6. The zero-order valence-electron chi connectivity index (χ0n) is 21.4. The highest BCUT2D eigenvalue weighted by Crippen LogP contribution is 2.50. The molecule has 4 N–H and O–H groups in total. The van der Waals surface area contributed by atoms with E-state index in [1.165, 1.54) is 53.4 Å². The maximum absolute atomic E-state index is 13.4. The van der Waals surface area contributed by atoms with Crippen molar-refractivity contribution in [3.63, 3.8) is 0 Å². The van der Waals surface area contributed by atoms with Crippen molar-refractivity contribution >= 4 is 47.8 Å². The number of carboxylic acids is 1. The number of aliphatic carboxylic acids is 1. The number of furan rings is 1. The molecule has 15 heteroatoms. The highest BCUT2D eigenvalue weighted by molar-refractivity contribution is 8.01. The molecule has 3 saturated heterocycles. The number of carbonyl (C=O) groups is 5. The van der Waals surface area contributed by atoms with Gasteiger partial charge in [-0.2, -0.15) is 5.10 Å². The predicted molar refractivity (Wildman–Crippen MR) is 140 cm³/mol. The number of amides is 6. The maximum atomic E-state index is 13.4. The minimum absolute atomic E-state index is 0.00449. The van der Waals surface area contributed by atoms with Crippen LogP contribution in [0.25, 0.3) is 0 Å². The molecule has 0 bridgehead atoms. The summed E-state index contributed by atoms with van der Waals surface area (Å²) >= 11 is 1.27. The molecule has 3 aliphatic heterocycles. The number of aromatic hydroxyl groups is 1. The lowest BCUT2D eigenvalue weighted by Gasteiger charge is -2.44. The van der Waals surface area contributed by atoms with Crippen molar-refractivity contribution in [2.75, 3.05) is 13.1 Å². The van der Waals surface area contributed by atoms with Gasteiger partial charge in [-0.25, -0.2) is 24.3 Å². The number of carbonyl (C=O) groups excluding carboxylic acids is 4. The van der Waals surface area contributed by atoms with E-state index in [1.807, 2.05) is 0 Å². The van der Waals surface area contributed by atoms with Crippen LogP contribution in [0.2, 0.25) is 0 Å². The van der Waals surface area contributed by atoms with E-state index >= 15 is 0 Å². The average Bonchev–Trinajstić information content (AvgIpc) is 3.61. The van der Waals surface area contributed by atoms with E-state index in [1.54, 1.807) is 26.0 Å². The number of hydrazone groups is 1. The highest BCUT2D eigenvalue weighted by Gasteiger charge is 2.64. The summed E-state index contributed by atoms with van der Waals surface area (Å²) in [6, 6.07) is 3.86. The molecule has 0 saturated carbocycles. The maximum Gasteiger partial charge on any atom is 0.348 e. The molecule has 0 radical (unpaired) electrons. The fourth-order valence-corrected chi connectivity index (χ4v) is 6.49. The van der Waals surface area contributed by atoms with Crippen molar-refractivity contribution < 1.29 is 38.6 Å². The number of benzene rings is 1. The number of fused-ring (bicyclic) bond motifs is 1. The molecule has 0 aliphatic carbocycles. The Balaban J connectivity index is 1.30. The largest absolute Gasteiger partial charge is 0.508 e. The van der Waals surface area contributed by atoms with Crippen molar-refractivity contribution in [3.05, 3.63) is 54.0 Å². The van der Waals surface area contributed by atoms with E-state index in [0.29, 0.717) is 5.76 Å². The summed E-state index contributed by atoms with van der Waals surface area (Å²) < 4.78 is 4.37. The summed E-state index contributed by atoms with van der Waals surface area (Å²) in [5.41, 5.74) is 0.287. The average molecular weight is 571 g/mol. The summed E-state index contributed by atoms with van der Waals surface area (Å²) in [6.45, 7) is 3.56. The number of nitrogens with zero attached hydrogens (tertiary/aromatic N) is 4. The summed E-state index contributed by atoms with van der Waals surface area (Å²) in [4.78, 5) is 66.2. The van der Waals surface area contributed by atoms with Gasteiger partial charge in [-0.15, -0.1) is 11.8 Å². The number of imide groups is 1. The second-order valence-electron chi connectivity index (χ2n) is 9.88. The molecular weight excluding hydrogens is 544 g/mol. The number of rotatable bonds is 7. The van der Waals surface area contributed by atoms with E-state index in [2.05, 4.69) is 15.7 Å². The van der Waals surface area contributed by atoms with Crippen LogP contribution in [-0.4, -0.2) is 96.4 Å². The van der Waals surface area contributed by atoms with Gasteiger partial charge in [-0.1, -0.05) is 12.1 Å². The molecule has 4 atom stereocenters. The van der Waals surface area contributed by atoms with E-state index < -0.39 is 58.1 Å². The Morgan fingerprint density at radius 2 is 1.90 bits per heavy atom. The minimum atomic E-state index is -1.34. The molecule has 2 aromatic rings. The van der Waals surface area contributed by atoms with Crippen molar-refractivity contribution in [2.45, 2.75) is 42.1 Å². The van der Waals surface area contributed by atoms with Crippen LogP contribution >= 0.6 is 11.8 Å². The van der Waals surface area contributed by atoms with Crippen LogP contribution in [0.15, 0.2) is 52.2 Å². The number of nitrogens with one attached hydrogen (secondary N) is 2. The molecule has 2 unspecified atom stereocenters. The van der Waals surface area contributed by atoms with E-state index in [0.717, 1.165) is 9.91 Å². The molecule has 3 fully saturated rings. The Bertz CT molecular complexity index is 1380. The predicted octanol–water partition coefficient (Wildman–Crippen LogP) is 1.14. The lowest BCUT2D eigenvalue weighted by molar-refractivity contribution is -0.161. The summed E-state index contributed by atoms with van der Waals surface area (Å²) in [5.74, 6) is -2.07. The van der Waals surface area contributed by atoms with E-state index in [9.17, 15) is 34.2 Å². The lowest BCUT2D eigenvalue weighted by atomic mass is 9.95. The number of thioether (sulfide) groups is 1. The van der Waals surface area contributed by atoms with Crippen LogP contribution in [0.5, 0.6) is 5.75 Å². The van der Waals surface area contributed by atoms with Crippen molar-refractivity contribution in [2.24, 2.45) is 5.10 Å². The topological polar surface area (TPSA) is 185 Å². The smallest absolute Gasteiger partial charge is 0.348 e. The van der Waals surface area contributed by atoms with Gasteiger partial charge in [0.1, 0.15) is 35.0 Å². The van der Waals surface area contributed by atoms with Gasteiger partial charge in [-0.05, 0) is 43.7 Å².